The van der Waals surface area contributed by atoms with Crippen molar-refractivity contribution in [3.05, 3.63) is 42.5 Å². The van der Waals surface area contributed by atoms with Crippen LogP contribution < -0.4 is 10.0 Å². The fraction of sp³-hybridized carbons (Fsp3) is 0.500. The van der Waals surface area contributed by atoms with Crippen LogP contribution >= 0.6 is 0 Å². The lowest BCUT2D eigenvalue weighted by molar-refractivity contribution is -0.126. The minimum absolute atomic E-state index is 0.0501. The zero-order valence-electron chi connectivity index (χ0n) is 16.6. The summed E-state index contributed by atoms with van der Waals surface area (Å²) >= 11 is 0. The summed E-state index contributed by atoms with van der Waals surface area (Å²) in [7, 11) is -3.61. The molecule has 1 aromatic carbocycles. The van der Waals surface area contributed by atoms with E-state index in [-0.39, 0.29) is 29.3 Å². The molecule has 1 aliphatic carbocycles. The number of piperazine rings is 1. The predicted octanol–water partition coefficient (Wildman–Crippen LogP) is 0.576. The SMILES string of the molecule is C=CCNS(=O)(=O)c1ccc(C(=O)N2CCN([C@@H](C)C(=O)NC3CC3)CC2)cc1. The van der Waals surface area contributed by atoms with E-state index < -0.39 is 10.0 Å². The van der Waals surface area contributed by atoms with E-state index in [4.69, 9.17) is 0 Å². The highest BCUT2D eigenvalue weighted by Gasteiger charge is 2.31. The minimum atomic E-state index is -3.61. The number of sulfonamides is 1. The van der Waals surface area contributed by atoms with E-state index in [0.717, 1.165) is 12.8 Å². The summed E-state index contributed by atoms with van der Waals surface area (Å²) in [5.74, 6) is -0.0862. The molecular formula is C20H28N4O4S. The number of carbonyl (C=O) groups excluding carboxylic acids is 2. The van der Waals surface area contributed by atoms with Crippen LogP contribution in [0.3, 0.4) is 0 Å². The average Bonchev–Trinajstić information content (AvgIpc) is 3.55. The minimum Gasteiger partial charge on any atom is -0.352 e. The van der Waals surface area contributed by atoms with E-state index in [9.17, 15) is 18.0 Å². The standard InChI is InChI=1S/C20H28N4O4S/c1-3-10-21-29(27,28)18-8-4-16(5-9-18)20(26)24-13-11-23(12-14-24)15(2)19(25)22-17-6-7-17/h3-5,8-9,15,17,21H,1,6-7,10-14H2,2H3,(H,22,25)/t15-/m0/s1. The van der Waals surface area contributed by atoms with Gasteiger partial charge in [0, 0.05) is 44.3 Å². The lowest BCUT2D eigenvalue weighted by Crippen LogP contribution is -2.55. The number of amides is 2. The molecule has 0 bridgehead atoms. The molecular weight excluding hydrogens is 392 g/mol. The first kappa shape index (κ1) is 21.5. The first-order valence-corrected chi connectivity index (χ1v) is 11.3. The summed E-state index contributed by atoms with van der Waals surface area (Å²) in [5, 5.41) is 3.02. The number of benzene rings is 1. The van der Waals surface area contributed by atoms with E-state index >= 15 is 0 Å². The van der Waals surface area contributed by atoms with Crippen LogP contribution in [0, 0.1) is 0 Å². The third-order valence-corrected chi connectivity index (χ3v) is 6.72. The highest BCUT2D eigenvalue weighted by Crippen LogP contribution is 2.19. The molecule has 1 saturated carbocycles. The van der Waals surface area contributed by atoms with Crippen molar-refractivity contribution < 1.29 is 18.0 Å². The van der Waals surface area contributed by atoms with Gasteiger partial charge >= 0.3 is 0 Å². The summed E-state index contributed by atoms with van der Waals surface area (Å²) in [4.78, 5) is 28.9. The van der Waals surface area contributed by atoms with Gasteiger partial charge in [0.2, 0.25) is 15.9 Å². The second-order valence-corrected chi connectivity index (χ2v) is 9.22. The molecule has 1 saturated heterocycles. The quantitative estimate of drug-likeness (QED) is 0.600. The number of hydrogen-bond donors (Lipinski definition) is 2. The Kier molecular flexibility index (Phi) is 6.71. The maximum atomic E-state index is 12.7. The largest absolute Gasteiger partial charge is 0.352 e. The molecule has 1 aliphatic heterocycles. The zero-order chi connectivity index (χ0) is 21.0. The normalized spacial score (nSPS) is 18.9. The number of nitrogens with zero attached hydrogens (tertiary/aromatic N) is 2. The van der Waals surface area contributed by atoms with Crippen LogP contribution in [-0.4, -0.2) is 74.8 Å². The molecule has 1 aromatic rings. The molecule has 1 atom stereocenters. The van der Waals surface area contributed by atoms with E-state index in [1.807, 2.05) is 6.92 Å². The van der Waals surface area contributed by atoms with Crippen LogP contribution in [0.15, 0.2) is 41.8 Å². The Balaban J connectivity index is 1.55. The molecule has 0 unspecified atom stereocenters. The summed E-state index contributed by atoms with van der Waals surface area (Å²) in [6.07, 6.45) is 3.59. The van der Waals surface area contributed by atoms with Gasteiger partial charge in [-0.3, -0.25) is 14.5 Å². The molecule has 0 radical (unpaired) electrons. The van der Waals surface area contributed by atoms with Crippen molar-refractivity contribution in [2.45, 2.75) is 36.7 Å². The topological polar surface area (TPSA) is 98.8 Å². The van der Waals surface area contributed by atoms with E-state index in [2.05, 4.69) is 21.5 Å². The van der Waals surface area contributed by atoms with Crippen molar-refractivity contribution in [1.29, 1.82) is 0 Å². The molecule has 8 nitrogen and oxygen atoms in total. The molecule has 2 aliphatic rings. The smallest absolute Gasteiger partial charge is 0.253 e. The average molecular weight is 421 g/mol. The van der Waals surface area contributed by atoms with Gasteiger partial charge in [-0.2, -0.15) is 0 Å². The Morgan fingerprint density at radius 3 is 2.34 bits per heavy atom. The van der Waals surface area contributed by atoms with Gasteiger partial charge in [-0.05, 0) is 44.0 Å². The van der Waals surface area contributed by atoms with Crippen LogP contribution in [0.2, 0.25) is 0 Å². The fourth-order valence-corrected chi connectivity index (χ4v) is 4.24. The number of hydrogen-bond acceptors (Lipinski definition) is 5. The molecule has 2 fully saturated rings. The van der Waals surface area contributed by atoms with E-state index in [1.54, 1.807) is 4.90 Å². The summed E-state index contributed by atoms with van der Waals surface area (Å²) < 4.78 is 26.6. The Bertz CT molecular complexity index is 857. The van der Waals surface area contributed by atoms with Crippen molar-refractivity contribution in [3.63, 3.8) is 0 Å². The molecule has 2 N–H and O–H groups in total. The molecule has 9 heteroatoms. The van der Waals surface area contributed by atoms with E-state index in [1.165, 1.54) is 30.3 Å². The second kappa shape index (κ2) is 9.06. The highest BCUT2D eigenvalue weighted by atomic mass is 32.2. The fourth-order valence-electron chi connectivity index (χ4n) is 3.24. The van der Waals surface area contributed by atoms with Crippen molar-refractivity contribution >= 4 is 21.8 Å². The Hall–Kier alpha value is -2.23. The molecule has 158 valence electrons. The van der Waals surface area contributed by atoms with Gasteiger partial charge in [0.1, 0.15) is 0 Å². The summed E-state index contributed by atoms with van der Waals surface area (Å²) in [5.41, 5.74) is 0.445. The van der Waals surface area contributed by atoms with Crippen LogP contribution in [-0.2, 0) is 14.8 Å². The van der Waals surface area contributed by atoms with Gasteiger partial charge in [-0.1, -0.05) is 6.08 Å². The van der Waals surface area contributed by atoms with Crippen LogP contribution in [0.4, 0.5) is 0 Å². The van der Waals surface area contributed by atoms with Crippen molar-refractivity contribution in [2.24, 2.45) is 0 Å². The Morgan fingerprint density at radius 2 is 1.79 bits per heavy atom. The van der Waals surface area contributed by atoms with Gasteiger partial charge in [0.25, 0.3) is 5.91 Å². The molecule has 1 heterocycles. The molecule has 0 spiro atoms. The lowest BCUT2D eigenvalue weighted by Gasteiger charge is -2.37. The Labute approximate surface area is 172 Å². The number of nitrogens with one attached hydrogen (secondary N) is 2. The molecule has 0 aromatic heterocycles. The van der Waals surface area contributed by atoms with Gasteiger partial charge in [-0.25, -0.2) is 13.1 Å². The van der Waals surface area contributed by atoms with Crippen LogP contribution in [0.5, 0.6) is 0 Å². The highest BCUT2D eigenvalue weighted by molar-refractivity contribution is 7.89. The van der Waals surface area contributed by atoms with Crippen molar-refractivity contribution in [2.75, 3.05) is 32.7 Å². The van der Waals surface area contributed by atoms with Gasteiger partial charge in [0.15, 0.2) is 0 Å². The monoisotopic (exact) mass is 420 g/mol. The lowest BCUT2D eigenvalue weighted by atomic mass is 10.1. The van der Waals surface area contributed by atoms with Gasteiger partial charge in [0.05, 0.1) is 10.9 Å². The first-order valence-electron chi connectivity index (χ1n) is 9.86. The zero-order valence-corrected chi connectivity index (χ0v) is 17.5. The Morgan fingerprint density at radius 1 is 1.17 bits per heavy atom. The van der Waals surface area contributed by atoms with E-state index in [0.29, 0.717) is 37.8 Å². The number of carbonyl (C=O) groups is 2. The predicted molar refractivity (Wildman–Crippen MR) is 110 cm³/mol. The van der Waals surface area contributed by atoms with Crippen molar-refractivity contribution in [1.82, 2.24) is 19.8 Å². The van der Waals surface area contributed by atoms with Crippen LogP contribution in [0.1, 0.15) is 30.1 Å². The number of rotatable bonds is 8. The third kappa shape index (κ3) is 5.43. The maximum Gasteiger partial charge on any atom is 0.253 e. The molecule has 3 rings (SSSR count). The summed E-state index contributed by atoms with van der Waals surface area (Å²) in [6.45, 7) is 7.84. The first-order chi connectivity index (χ1) is 13.8. The second-order valence-electron chi connectivity index (χ2n) is 7.45. The van der Waals surface area contributed by atoms with Crippen molar-refractivity contribution in [3.8, 4) is 0 Å². The summed E-state index contributed by atoms with van der Waals surface area (Å²) in [6, 6.07) is 6.05. The van der Waals surface area contributed by atoms with Gasteiger partial charge in [-0.15, -0.1) is 6.58 Å². The maximum absolute atomic E-state index is 12.7. The molecule has 2 amide bonds. The van der Waals surface area contributed by atoms with Gasteiger partial charge < -0.3 is 10.2 Å². The third-order valence-electron chi connectivity index (χ3n) is 5.28. The molecule has 29 heavy (non-hydrogen) atoms. The van der Waals surface area contributed by atoms with Crippen LogP contribution in [0.25, 0.3) is 0 Å².